The number of carbonyl (C=O) groups is 2. The molecule has 0 radical (unpaired) electrons. The third-order valence-corrected chi connectivity index (χ3v) is 6.44. The summed E-state index contributed by atoms with van der Waals surface area (Å²) in [4.78, 5) is 24.7. The molecule has 0 aromatic heterocycles. The Kier molecular flexibility index (Phi) is 8.55. The van der Waals surface area contributed by atoms with E-state index in [1.807, 2.05) is 0 Å². The van der Waals surface area contributed by atoms with Gasteiger partial charge in [-0.15, -0.1) is 0 Å². The average molecular weight is 397 g/mol. The number of rotatable bonds is 7. The monoisotopic (exact) mass is 396 g/mol. The maximum atomic E-state index is 12.5. The van der Waals surface area contributed by atoms with Gasteiger partial charge in [0.2, 0.25) is 11.8 Å². The second kappa shape index (κ2) is 11.1. The lowest BCUT2D eigenvalue weighted by Gasteiger charge is -2.37. The second-order valence-electron chi connectivity index (χ2n) is 8.57. The Labute approximate surface area is 167 Å². The molecule has 28 heavy (non-hydrogen) atoms. The van der Waals surface area contributed by atoms with Crippen LogP contribution >= 0.6 is 0 Å². The Morgan fingerprint density at radius 3 is 2.43 bits per heavy atom. The summed E-state index contributed by atoms with van der Waals surface area (Å²) in [6.07, 6.45) is 8.87. The van der Waals surface area contributed by atoms with Crippen LogP contribution in [0.4, 0.5) is 0 Å². The molecule has 0 spiro atoms. The molecule has 0 aromatic carbocycles. The summed E-state index contributed by atoms with van der Waals surface area (Å²) in [5.41, 5.74) is 0. The fourth-order valence-electron chi connectivity index (χ4n) is 4.64. The third-order valence-electron chi connectivity index (χ3n) is 6.44. The van der Waals surface area contributed by atoms with Gasteiger partial charge in [0, 0.05) is 25.7 Å². The van der Waals surface area contributed by atoms with E-state index in [0.29, 0.717) is 32.0 Å². The van der Waals surface area contributed by atoms with Crippen LogP contribution in [0.2, 0.25) is 0 Å². The molecule has 2 amide bonds. The van der Waals surface area contributed by atoms with E-state index in [0.717, 1.165) is 25.8 Å². The first-order valence-electron chi connectivity index (χ1n) is 11.1. The molecule has 3 aliphatic rings. The van der Waals surface area contributed by atoms with Crippen LogP contribution in [0, 0.1) is 11.8 Å². The fraction of sp³-hybridized carbons (Fsp3) is 0.905. The van der Waals surface area contributed by atoms with E-state index < -0.39 is 6.10 Å². The zero-order valence-electron chi connectivity index (χ0n) is 16.9. The molecule has 3 atom stereocenters. The third kappa shape index (κ3) is 6.42. The molecule has 2 aliphatic heterocycles. The van der Waals surface area contributed by atoms with Gasteiger partial charge in [-0.25, -0.2) is 0 Å². The minimum atomic E-state index is -0.450. The van der Waals surface area contributed by atoms with Crippen LogP contribution in [0.5, 0.6) is 0 Å². The molecule has 3 fully saturated rings. The normalized spacial score (nSPS) is 30.0. The zero-order chi connectivity index (χ0) is 19.8. The van der Waals surface area contributed by atoms with E-state index in [1.54, 1.807) is 0 Å². The molecule has 3 N–H and O–H groups in total. The fourth-order valence-corrected chi connectivity index (χ4v) is 4.64. The molecular formula is C21H36N2O5. The highest BCUT2D eigenvalue weighted by Gasteiger charge is 2.34. The molecule has 0 unspecified atom stereocenters. The van der Waals surface area contributed by atoms with Gasteiger partial charge in [-0.1, -0.05) is 19.3 Å². The molecule has 2 heterocycles. The number of aliphatic hydroxyl groups is 1. The number of ether oxygens (including phenoxy) is 2. The van der Waals surface area contributed by atoms with Crippen molar-refractivity contribution >= 4 is 11.8 Å². The lowest BCUT2D eigenvalue weighted by Crippen LogP contribution is -2.53. The van der Waals surface area contributed by atoms with Crippen molar-refractivity contribution in [2.45, 2.75) is 82.5 Å². The summed E-state index contributed by atoms with van der Waals surface area (Å²) in [6, 6.07) is -0.193. The van der Waals surface area contributed by atoms with E-state index >= 15 is 0 Å². The average Bonchev–Trinajstić information content (AvgIpc) is 2.74. The predicted molar refractivity (Wildman–Crippen MR) is 105 cm³/mol. The molecule has 2 saturated heterocycles. The first-order valence-corrected chi connectivity index (χ1v) is 11.1. The minimum Gasteiger partial charge on any atom is -0.394 e. The highest BCUT2D eigenvalue weighted by molar-refractivity contribution is 5.79. The molecule has 0 bridgehead atoms. The number of aliphatic hydroxyl groups excluding tert-OH is 1. The predicted octanol–water partition coefficient (Wildman–Crippen LogP) is 1.52. The largest absolute Gasteiger partial charge is 0.394 e. The number of amides is 2. The summed E-state index contributed by atoms with van der Waals surface area (Å²) in [5.74, 6) is 0.646. The molecular weight excluding hydrogens is 360 g/mol. The first-order chi connectivity index (χ1) is 13.7. The Morgan fingerprint density at radius 1 is 0.964 bits per heavy atom. The van der Waals surface area contributed by atoms with Gasteiger partial charge >= 0.3 is 0 Å². The smallest absolute Gasteiger partial charge is 0.223 e. The zero-order valence-corrected chi connectivity index (χ0v) is 16.9. The van der Waals surface area contributed by atoms with Crippen molar-refractivity contribution in [1.82, 2.24) is 10.6 Å². The van der Waals surface area contributed by atoms with Crippen LogP contribution in [0.3, 0.4) is 0 Å². The Morgan fingerprint density at radius 2 is 1.71 bits per heavy atom. The number of hydrogen-bond acceptors (Lipinski definition) is 5. The van der Waals surface area contributed by atoms with Crippen LogP contribution < -0.4 is 10.6 Å². The lowest BCUT2D eigenvalue weighted by atomic mass is 9.89. The Bertz CT molecular complexity index is 503. The molecule has 3 rings (SSSR count). The van der Waals surface area contributed by atoms with Crippen molar-refractivity contribution in [3.05, 3.63) is 0 Å². The molecule has 160 valence electrons. The van der Waals surface area contributed by atoms with Gasteiger partial charge in [0.05, 0.1) is 25.2 Å². The van der Waals surface area contributed by atoms with Crippen molar-refractivity contribution in [3.63, 3.8) is 0 Å². The van der Waals surface area contributed by atoms with Gasteiger partial charge in [0.1, 0.15) is 6.10 Å². The SMILES string of the molecule is O=C(C[C@@H]1CC[C@@H](NC(=O)C2CCOCC2)[C@@H](CO)O1)NCC1CCCCC1. The van der Waals surface area contributed by atoms with Crippen LogP contribution in [-0.2, 0) is 19.1 Å². The molecule has 0 aromatic rings. The van der Waals surface area contributed by atoms with Crippen LogP contribution in [-0.4, -0.2) is 61.5 Å². The van der Waals surface area contributed by atoms with Crippen LogP contribution in [0.1, 0.15) is 64.2 Å². The van der Waals surface area contributed by atoms with Crippen molar-refractivity contribution in [2.24, 2.45) is 11.8 Å². The lowest BCUT2D eigenvalue weighted by molar-refractivity contribution is -0.139. The Hall–Kier alpha value is -1.18. The van der Waals surface area contributed by atoms with Crippen LogP contribution in [0.15, 0.2) is 0 Å². The summed E-state index contributed by atoms with van der Waals surface area (Å²) < 4.78 is 11.3. The van der Waals surface area contributed by atoms with Gasteiger partial charge in [-0.2, -0.15) is 0 Å². The second-order valence-corrected chi connectivity index (χ2v) is 8.57. The van der Waals surface area contributed by atoms with Gasteiger partial charge in [-0.3, -0.25) is 9.59 Å². The number of carbonyl (C=O) groups excluding carboxylic acids is 2. The molecule has 1 aliphatic carbocycles. The highest BCUT2D eigenvalue weighted by Crippen LogP contribution is 2.25. The topological polar surface area (TPSA) is 96.9 Å². The van der Waals surface area contributed by atoms with Crippen molar-refractivity contribution in [2.75, 3.05) is 26.4 Å². The molecule has 7 heteroatoms. The summed E-state index contributed by atoms with van der Waals surface area (Å²) in [7, 11) is 0. The van der Waals surface area contributed by atoms with Gasteiger partial charge in [0.15, 0.2) is 0 Å². The van der Waals surface area contributed by atoms with E-state index in [-0.39, 0.29) is 36.5 Å². The van der Waals surface area contributed by atoms with E-state index in [1.165, 1.54) is 32.1 Å². The van der Waals surface area contributed by atoms with Gasteiger partial charge in [-0.05, 0) is 44.4 Å². The molecule has 1 saturated carbocycles. The Balaban J connectivity index is 1.39. The highest BCUT2D eigenvalue weighted by atomic mass is 16.5. The summed E-state index contributed by atoms with van der Waals surface area (Å²) in [5, 5.41) is 15.8. The minimum absolute atomic E-state index is 0.0172. The van der Waals surface area contributed by atoms with Crippen molar-refractivity contribution in [3.8, 4) is 0 Å². The summed E-state index contributed by atoms with van der Waals surface area (Å²) in [6.45, 7) is 1.86. The maximum absolute atomic E-state index is 12.5. The van der Waals surface area contributed by atoms with Gasteiger partial charge in [0.25, 0.3) is 0 Å². The van der Waals surface area contributed by atoms with Crippen molar-refractivity contribution < 1.29 is 24.2 Å². The standard InChI is InChI=1S/C21H36N2O5/c24-14-19-18(23-21(26)16-8-10-27-11-9-16)7-6-17(28-19)12-20(25)22-13-15-4-2-1-3-5-15/h15-19,24H,1-14H2,(H,22,25)(H,23,26)/t17-,18+,19+/m0/s1. The van der Waals surface area contributed by atoms with Crippen molar-refractivity contribution in [1.29, 1.82) is 0 Å². The maximum Gasteiger partial charge on any atom is 0.223 e. The molecule has 7 nitrogen and oxygen atoms in total. The summed E-state index contributed by atoms with van der Waals surface area (Å²) >= 11 is 0. The first kappa shape index (κ1) is 21.5. The number of nitrogens with one attached hydrogen (secondary N) is 2. The van der Waals surface area contributed by atoms with Gasteiger partial charge < -0.3 is 25.2 Å². The quantitative estimate of drug-likeness (QED) is 0.606. The van der Waals surface area contributed by atoms with E-state index in [2.05, 4.69) is 10.6 Å². The van der Waals surface area contributed by atoms with Crippen LogP contribution in [0.25, 0.3) is 0 Å². The van der Waals surface area contributed by atoms with E-state index in [9.17, 15) is 14.7 Å². The van der Waals surface area contributed by atoms with E-state index in [4.69, 9.17) is 9.47 Å². The number of hydrogen-bond donors (Lipinski definition) is 3.